The summed E-state index contributed by atoms with van der Waals surface area (Å²) in [7, 11) is -3.58. The van der Waals surface area contributed by atoms with E-state index in [-0.39, 0.29) is 31.3 Å². The molecule has 0 unspecified atom stereocenters. The number of anilines is 1. The highest BCUT2D eigenvalue weighted by Gasteiger charge is 2.30. The van der Waals surface area contributed by atoms with Crippen LogP contribution in [-0.4, -0.2) is 50.5 Å². The largest absolute Gasteiger partial charge is 0.354 e. The zero-order valence-corrected chi connectivity index (χ0v) is 25.8. The Kier molecular flexibility index (Phi) is 11.8. The number of nitrogens with one attached hydrogen (secondary N) is 1. The summed E-state index contributed by atoms with van der Waals surface area (Å²) in [6.07, 6.45) is 2.68. The summed E-state index contributed by atoms with van der Waals surface area (Å²) >= 11 is 6.10. The molecule has 0 spiro atoms. The average Bonchev–Trinajstić information content (AvgIpc) is 2.94. The van der Waals surface area contributed by atoms with E-state index in [2.05, 4.69) is 5.32 Å². The van der Waals surface area contributed by atoms with Crippen molar-refractivity contribution in [3.63, 3.8) is 0 Å². The van der Waals surface area contributed by atoms with Crippen LogP contribution >= 0.6 is 11.6 Å². The number of rotatable bonds is 14. The van der Waals surface area contributed by atoms with E-state index in [0.29, 0.717) is 30.1 Å². The first-order valence-corrected chi connectivity index (χ1v) is 16.1. The van der Waals surface area contributed by atoms with Crippen molar-refractivity contribution >= 4 is 39.1 Å². The van der Waals surface area contributed by atoms with Crippen molar-refractivity contribution in [3.8, 4) is 0 Å². The summed E-state index contributed by atoms with van der Waals surface area (Å²) in [5.74, 6) is -0.437. The summed E-state index contributed by atoms with van der Waals surface area (Å²) in [6.45, 7) is 6.64. The molecule has 0 bridgehead atoms. The monoisotopic (exact) mass is 597 g/mol. The molecule has 3 aromatic carbocycles. The Morgan fingerprint density at radius 2 is 1.63 bits per heavy atom. The first kappa shape index (κ1) is 32.2. The number of benzene rings is 3. The minimum Gasteiger partial charge on any atom is -0.354 e. The predicted molar refractivity (Wildman–Crippen MR) is 167 cm³/mol. The molecule has 0 radical (unpaired) electrons. The van der Waals surface area contributed by atoms with Gasteiger partial charge in [0, 0.05) is 37.5 Å². The van der Waals surface area contributed by atoms with E-state index < -0.39 is 16.1 Å². The second kappa shape index (κ2) is 15.0. The molecule has 0 aliphatic heterocycles. The highest BCUT2D eigenvalue weighted by atomic mass is 35.5. The Morgan fingerprint density at radius 3 is 2.27 bits per heavy atom. The molecule has 1 atom stereocenters. The van der Waals surface area contributed by atoms with E-state index in [1.54, 1.807) is 17.0 Å². The van der Waals surface area contributed by atoms with Gasteiger partial charge in [0.2, 0.25) is 21.8 Å². The van der Waals surface area contributed by atoms with Gasteiger partial charge in [-0.2, -0.15) is 0 Å². The molecule has 2 amide bonds. The molecular formula is C32H40ClN3O4S. The van der Waals surface area contributed by atoms with Gasteiger partial charge in [-0.05, 0) is 67.1 Å². The molecular weight excluding hydrogens is 558 g/mol. The lowest BCUT2D eigenvalue weighted by molar-refractivity contribution is -0.141. The first-order chi connectivity index (χ1) is 19.5. The third-order valence-electron chi connectivity index (χ3n) is 6.87. The van der Waals surface area contributed by atoms with Gasteiger partial charge in [-0.1, -0.05) is 73.1 Å². The van der Waals surface area contributed by atoms with Gasteiger partial charge in [0.25, 0.3) is 0 Å². The number of halogens is 1. The third-order valence-corrected chi connectivity index (χ3v) is 8.30. The normalized spacial score (nSPS) is 12.0. The second-order valence-electron chi connectivity index (χ2n) is 10.4. The molecule has 1 N–H and O–H groups in total. The lowest BCUT2D eigenvalue weighted by Gasteiger charge is -2.32. The highest BCUT2D eigenvalue weighted by molar-refractivity contribution is 7.92. The fourth-order valence-corrected chi connectivity index (χ4v) is 5.82. The fourth-order valence-electron chi connectivity index (χ4n) is 4.68. The number of aryl methyl sites for hydroxylation is 2. The molecule has 3 rings (SSSR count). The summed E-state index contributed by atoms with van der Waals surface area (Å²) in [6, 6.07) is 21.8. The number of hydrogen-bond acceptors (Lipinski definition) is 4. The third kappa shape index (κ3) is 9.61. The van der Waals surface area contributed by atoms with Crippen LogP contribution < -0.4 is 9.62 Å². The van der Waals surface area contributed by atoms with Crippen LogP contribution in [0.15, 0.2) is 72.8 Å². The van der Waals surface area contributed by atoms with Crippen LogP contribution in [0.2, 0.25) is 5.02 Å². The summed E-state index contributed by atoms with van der Waals surface area (Å²) < 4.78 is 26.8. The van der Waals surface area contributed by atoms with Gasteiger partial charge in [0.05, 0.1) is 11.9 Å². The highest BCUT2D eigenvalue weighted by Crippen LogP contribution is 2.25. The minimum atomic E-state index is -3.58. The van der Waals surface area contributed by atoms with Gasteiger partial charge in [-0.25, -0.2) is 8.42 Å². The number of sulfonamides is 1. The summed E-state index contributed by atoms with van der Waals surface area (Å²) in [5, 5.41) is 3.55. The molecule has 0 heterocycles. The predicted octanol–water partition coefficient (Wildman–Crippen LogP) is 5.67. The maximum atomic E-state index is 13.9. The van der Waals surface area contributed by atoms with Crippen LogP contribution in [0, 0.1) is 13.8 Å². The number of amides is 2. The van der Waals surface area contributed by atoms with Crippen molar-refractivity contribution < 1.29 is 18.0 Å². The zero-order valence-electron chi connectivity index (χ0n) is 24.3. The lowest BCUT2D eigenvalue weighted by Crippen LogP contribution is -2.50. The molecule has 0 aliphatic carbocycles. The summed E-state index contributed by atoms with van der Waals surface area (Å²) in [5.41, 5.74) is 4.19. The van der Waals surface area contributed by atoms with Gasteiger partial charge >= 0.3 is 0 Å². The van der Waals surface area contributed by atoms with Crippen LogP contribution in [0.5, 0.6) is 0 Å². The standard InChI is InChI=1S/C32H40ClN3O4S/c1-5-19-34-32(38)30(22-26-10-7-6-8-11-26)35(23-27-15-17-28(33)18-16-27)31(37)12-9-20-36(41(4,39)40)29-21-24(2)13-14-25(29)3/h6-8,10-11,13-18,21,30H,5,9,12,19-20,22-23H2,1-4H3,(H,34,38)/t30-/m0/s1. The minimum absolute atomic E-state index is 0.0802. The van der Waals surface area contributed by atoms with Crippen LogP contribution in [0.25, 0.3) is 0 Å². The van der Waals surface area contributed by atoms with Crippen molar-refractivity contribution in [2.45, 2.75) is 59.0 Å². The van der Waals surface area contributed by atoms with Crippen molar-refractivity contribution in [1.82, 2.24) is 10.2 Å². The fraction of sp³-hybridized carbons (Fsp3) is 0.375. The Morgan fingerprint density at radius 1 is 0.951 bits per heavy atom. The summed E-state index contributed by atoms with van der Waals surface area (Å²) in [4.78, 5) is 28.9. The lowest BCUT2D eigenvalue weighted by atomic mass is 10.0. The van der Waals surface area contributed by atoms with Crippen molar-refractivity contribution in [2.75, 3.05) is 23.7 Å². The molecule has 220 valence electrons. The SMILES string of the molecule is CCCNC(=O)[C@H](Cc1ccccc1)N(Cc1ccc(Cl)cc1)C(=O)CCCN(c1cc(C)ccc1C)S(C)(=O)=O. The molecule has 0 saturated heterocycles. The molecule has 0 saturated carbocycles. The molecule has 41 heavy (non-hydrogen) atoms. The van der Waals surface area contributed by atoms with Gasteiger partial charge < -0.3 is 10.2 Å². The van der Waals surface area contributed by atoms with Gasteiger partial charge in [0.1, 0.15) is 6.04 Å². The van der Waals surface area contributed by atoms with Gasteiger partial charge in [-0.3, -0.25) is 13.9 Å². The Bertz CT molecular complexity index is 1410. The molecule has 0 aliphatic rings. The topological polar surface area (TPSA) is 86.8 Å². The second-order valence-corrected chi connectivity index (χ2v) is 12.7. The zero-order chi connectivity index (χ0) is 30.0. The van der Waals surface area contributed by atoms with E-state index >= 15 is 0 Å². The van der Waals surface area contributed by atoms with Crippen LogP contribution in [0.4, 0.5) is 5.69 Å². The van der Waals surface area contributed by atoms with Gasteiger partial charge in [0.15, 0.2) is 0 Å². The van der Waals surface area contributed by atoms with E-state index in [0.717, 1.165) is 28.7 Å². The van der Waals surface area contributed by atoms with E-state index in [1.165, 1.54) is 10.6 Å². The Balaban J connectivity index is 1.88. The molecule has 0 aromatic heterocycles. The smallest absolute Gasteiger partial charge is 0.243 e. The average molecular weight is 598 g/mol. The van der Waals surface area contributed by atoms with Crippen molar-refractivity contribution in [2.24, 2.45) is 0 Å². The van der Waals surface area contributed by atoms with Crippen molar-refractivity contribution in [1.29, 1.82) is 0 Å². The maximum absolute atomic E-state index is 13.9. The number of hydrogen-bond donors (Lipinski definition) is 1. The number of nitrogens with zero attached hydrogens (tertiary/aromatic N) is 2. The van der Waals surface area contributed by atoms with Crippen LogP contribution in [0.3, 0.4) is 0 Å². The first-order valence-electron chi connectivity index (χ1n) is 13.9. The van der Waals surface area contributed by atoms with E-state index in [9.17, 15) is 18.0 Å². The van der Waals surface area contributed by atoms with Gasteiger partial charge in [-0.15, -0.1) is 0 Å². The molecule has 0 fully saturated rings. The molecule has 7 nitrogen and oxygen atoms in total. The van der Waals surface area contributed by atoms with E-state index in [4.69, 9.17) is 11.6 Å². The quantitative estimate of drug-likeness (QED) is 0.259. The Hall–Kier alpha value is -3.36. The molecule has 9 heteroatoms. The number of carbonyl (C=O) groups excluding carboxylic acids is 2. The molecule has 3 aromatic rings. The van der Waals surface area contributed by atoms with E-state index in [1.807, 2.05) is 81.4 Å². The van der Waals surface area contributed by atoms with Crippen LogP contribution in [-0.2, 0) is 32.6 Å². The van der Waals surface area contributed by atoms with Crippen LogP contribution in [0.1, 0.15) is 48.4 Å². The Labute approximate surface area is 249 Å². The number of carbonyl (C=O) groups is 2. The van der Waals surface area contributed by atoms with Crippen molar-refractivity contribution in [3.05, 3.63) is 100 Å². The maximum Gasteiger partial charge on any atom is 0.243 e.